The lowest BCUT2D eigenvalue weighted by atomic mass is 10.1. The SMILES string of the molecule is COc1cc2ccccc2cc1-c1nc(C2C=CC=NC2=O)no1. The summed E-state index contributed by atoms with van der Waals surface area (Å²) in [5.41, 5.74) is 0.686. The largest absolute Gasteiger partial charge is 0.496 e. The lowest BCUT2D eigenvalue weighted by molar-refractivity contribution is -0.118. The van der Waals surface area contributed by atoms with Gasteiger partial charge in [0.1, 0.15) is 11.7 Å². The minimum Gasteiger partial charge on any atom is -0.496 e. The summed E-state index contributed by atoms with van der Waals surface area (Å²) in [6, 6.07) is 11.8. The Morgan fingerprint density at radius 2 is 1.96 bits per heavy atom. The average Bonchev–Trinajstić information content (AvgIpc) is 3.10. The molecule has 0 bridgehead atoms. The van der Waals surface area contributed by atoms with E-state index in [1.165, 1.54) is 6.21 Å². The van der Waals surface area contributed by atoms with Crippen LogP contribution in [0.15, 0.2) is 58.1 Å². The molecule has 118 valence electrons. The second-order valence-electron chi connectivity index (χ2n) is 5.34. The number of allylic oxidation sites excluding steroid dienone is 1. The summed E-state index contributed by atoms with van der Waals surface area (Å²) in [7, 11) is 1.59. The molecule has 4 rings (SSSR count). The number of carbonyl (C=O) groups is 1. The Balaban J connectivity index is 1.79. The molecule has 24 heavy (non-hydrogen) atoms. The Hall–Kier alpha value is -3.28. The van der Waals surface area contributed by atoms with E-state index in [4.69, 9.17) is 9.26 Å². The van der Waals surface area contributed by atoms with Crippen LogP contribution < -0.4 is 4.74 Å². The Morgan fingerprint density at radius 1 is 1.17 bits per heavy atom. The third-order valence-corrected chi connectivity index (χ3v) is 3.88. The van der Waals surface area contributed by atoms with Crippen molar-refractivity contribution in [3.05, 3.63) is 54.4 Å². The fourth-order valence-electron chi connectivity index (χ4n) is 2.66. The van der Waals surface area contributed by atoms with E-state index in [0.29, 0.717) is 23.0 Å². The van der Waals surface area contributed by atoms with Crippen molar-refractivity contribution in [3.63, 3.8) is 0 Å². The van der Waals surface area contributed by atoms with Crippen molar-refractivity contribution in [2.24, 2.45) is 4.99 Å². The molecule has 1 aliphatic heterocycles. The van der Waals surface area contributed by atoms with Crippen molar-refractivity contribution in [2.75, 3.05) is 7.11 Å². The maximum Gasteiger partial charge on any atom is 0.261 e. The van der Waals surface area contributed by atoms with Crippen LogP contribution in [0.5, 0.6) is 5.75 Å². The Morgan fingerprint density at radius 3 is 2.71 bits per heavy atom. The highest BCUT2D eigenvalue weighted by Crippen LogP contribution is 2.34. The van der Waals surface area contributed by atoms with Crippen molar-refractivity contribution in [2.45, 2.75) is 5.92 Å². The van der Waals surface area contributed by atoms with Gasteiger partial charge in [-0.1, -0.05) is 35.5 Å². The number of dihydropyridines is 1. The molecular formula is C18H13N3O3. The summed E-state index contributed by atoms with van der Waals surface area (Å²) >= 11 is 0. The van der Waals surface area contributed by atoms with E-state index in [9.17, 15) is 4.79 Å². The number of aliphatic imine (C=N–C) groups is 1. The molecule has 0 spiro atoms. The van der Waals surface area contributed by atoms with Gasteiger partial charge in [-0.15, -0.1) is 0 Å². The molecule has 6 nitrogen and oxygen atoms in total. The number of rotatable bonds is 3. The van der Waals surface area contributed by atoms with Gasteiger partial charge in [0.05, 0.1) is 12.7 Å². The van der Waals surface area contributed by atoms with E-state index in [2.05, 4.69) is 15.1 Å². The number of amides is 1. The zero-order valence-electron chi connectivity index (χ0n) is 12.8. The smallest absolute Gasteiger partial charge is 0.261 e. The number of hydrogen-bond donors (Lipinski definition) is 0. The lowest BCUT2D eigenvalue weighted by Crippen LogP contribution is -2.12. The van der Waals surface area contributed by atoms with Gasteiger partial charge in [0, 0.05) is 6.21 Å². The van der Waals surface area contributed by atoms with Crippen LogP contribution in [-0.2, 0) is 4.79 Å². The molecule has 0 N–H and O–H groups in total. The number of fused-ring (bicyclic) bond motifs is 1. The second kappa shape index (κ2) is 5.73. The van der Waals surface area contributed by atoms with Gasteiger partial charge in [-0.3, -0.25) is 4.79 Å². The molecule has 0 fully saturated rings. The van der Waals surface area contributed by atoms with Crippen molar-refractivity contribution >= 4 is 22.9 Å². The van der Waals surface area contributed by atoms with Crippen LogP contribution >= 0.6 is 0 Å². The predicted octanol–water partition coefficient (Wildman–Crippen LogP) is 3.15. The molecule has 2 aromatic carbocycles. The minimum absolute atomic E-state index is 0.290. The van der Waals surface area contributed by atoms with Crippen LogP contribution in [0.25, 0.3) is 22.2 Å². The molecule has 3 aromatic rings. The summed E-state index contributed by atoms with van der Waals surface area (Å²) in [6.07, 6.45) is 4.84. The zero-order chi connectivity index (χ0) is 16.5. The van der Waals surface area contributed by atoms with E-state index < -0.39 is 5.92 Å². The molecule has 1 unspecified atom stereocenters. The third-order valence-electron chi connectivity index (χ3n) is 3.88. The fraction of sp³-hybridized carbons (Fsp3) is 0.111. The Kier molecular flexibility index (Phi) is 3.42. The maximum atomic E-state index is 11.8. The van der Waals surface area contributed by atoms with E-state index >= 15 is 0 Å². The van der Waals surface area contributed by atoms with E-state index in [0.717, 1.165) is 10.8 Å². The van der Waals surface area contributed by atoms with Crippen LogP contribution in [0, 0.1) is 0 Å². The van der Waals surface area contributed by atoms with Crippen molar-refractivity contribution in [1.29, 1.82) is 0 Å². The van der Waals surface area contributed by atoms with Gasteiger partial charge >= 0.3 is 0 Å². The zero-order valence-corrected chi connectivity index (χ0v) is 12.8. The first kappa shape index (κ1) is 14.3. The van der Waals surface area contributed by atoms with E-state index in [1.807, 2.05) is 36.4 Å². The van der Waals surface area contributed by atoms with Gasteiger partial charge in [-0.2, -0.15) is 4.98 Å². The molecule has 0 saturated heterocycles. The maximum absolute atomic E-state index is 11.8. The van der Waals surface area contributed by atoms with Crippen molar-refractivity contribution in [1.82, 2.24) is 10.1 Å². The highest BCUT2D eigenvalue weighted by atomic mass is 16.5. The Labute approximate surface area is 137 Å². The molecular weight excluding hydrogens is 306 g/mol. The number of carbonyl (C=O) groups excluding carboxylic acids is 1. The highest BCUT2D eigenvalue weighted by Gasteiger charge is 2.25. The normalized spacial score (nSPS) is 16.7. The predicted molar refractivity (Wildman–Crippen MR) is 89.2 cm³/mol. The topological polar surface area (TPSA) is 77.6 Å². The number of ether oxygens (including phenoxy) is 1. The van der Waals surface area contributed by atoms with Crippen LogP contribution in [-0.4, -0.2) is 29.4 Å². The first-order valence-electron chi connectivity index (χ1n) is 7.42. The van der Waals surface area contributed by atoms with Crippen LogP contribution in [0.2, 0.25) is 0 Å². The molecule has 6 heteroatoms. The Bertz CT molecular complexity index is 988. The van der Waals surface area contributed by atoms with Gasteiger partial charge in [-0.25, -0.2) is 4.99 Å². The molecule has 0 radical (unpaired) electrons. The first-order chi connectivity index (χ1) is 11.8. The van der Waals surface area contributed by atoms with E-state index in [1.54, 1.807) is 19.3 Å². The van der Waals surface area contributed by atoms with Gasteiger partial charge in [0.25, 0.3) is 11.8 Å². The first-order valence-corrected chi connectivity index (χ1v) is 7.42. The van der Waals surface area contributed by atoms with Gasteiger partial charge in [-0.05, 0) is 29.0 Å². The average molecular weight is 319 g/mol. The number of hydrogen-bond acceptors (Lipinski definition) is 5. The molecule has 1 aromatic heterocycles. The summed E-state index contributed by atoms with van der Waals surface area (Å²) in [6.45, 7) is 0. The number of nitrogens with zero attached hydrogens (tertiary/aromatic N) is 3. The quantitative estimate of drug-likeness (QED) is 0.741. The fourth-order valence-corrected chi connectivity index (χ4v) is 2.66. The summed E-state index contributed by atoms with van der Waals surface area (Å²) in [4.78, 5) is 20.0. The van der Waals surface area contributed by atoms with Crippen LogP contribution in [0.3, 0.4) is 0 Å². The van der Waals surface area contributed by atoms with E-state index in [-0.39, 0.29) is 5.91 Å². The molecule has 0 aliphatic carbocycles. The summed E-state index contributed by atoms with van der Waals surface area (Å²) < 4.78 is 10.8. The molecule has 1 amide bonds. The lowest BCUT2D eigenvalue weighted by Gasteiger charge is -2.07. The molecule has 1 aliphatic rings. The summed E-state index contributed by atoms with van der Waals surface area (Å²) in [5.74, 6) is 0.309. The molecule has 2 heterocycles. The highest BCUT2D eigenvalue weighted by molar-refractivity contribution is 5.97. The van der Waals surface area contributed by atoms with Crippen LogP contribution in [0.1, 0.15) is 11.7 Å². The van der Waals surface area contributed by atoms with Crippen molar-refractivity contribution in [3.8, 4) is 17.2 Å². The number of benzene rings is 2. The monoisotopic (exact) mass is 319 g/mol. The molecule has 0 saturated carbocycles. The van der Waals surface area contributed by atoms with Gasteiger partial charge < -0.3 is 9.26 Å². The standard InChI is InChI=1S/C18H13N3O3/c1-23-15-10-12-6-3-2-5-11(12)9-14(15)18-20-16(21-24-18)13-7-4-8-19-17(13)22/h2-10,13H,1H3. The summed E-state index contributed by atoms with van der Waals surface area (Å²) in [5, 5.41) is 6.02. The number of methoxy groups -OCH3 is 1. The third kappa shape index (κ3) is 2.38. The molecule has 1 atom stereocenters. The number of aromatic nitrogens is 2. The van der Waals surface area contributed by atoms with Crippen molar-refractivity contribution < 1.29 is 14.1 Å². The minimum atomic E-state index is -0.612. The van der Waals surface area contributed by atoms with Gasteiger partial charge in [0.2, 0.25) is 0 Å². The van der Waals surface area contributed by atoms with Gasteiger partial charge in [0.15, 0.2) is 5.82 Å². The van der Waals surface area contributed by atoms with Crippen LogP contribution in [0.4, 0.5) is 0 Å². The second-order valence-corrected chi connectivity index (χ2v) is 5.34.